The summed E-state index contributed by atoms with van der Waals surface area (Å²) in [5.41, 5.74) is 2.88. The molecule has 1 unspecified atom stereocenters. The van der Waals surface area contributed by atoms with Crippen LogP contribution in [0, 0.1) is 0 Å². The van der Waals surface area contributed by atoms with Crippen LogP contribution < -0.4 is 0 Å². The van der Waals surface area contributed by atoms with E-state index in [9.17, 15) is 4.79 Å². The Balaban J connectivity index is 2.24. The van der Waals surface area contributed by atoms with E-state index >= 15 is 0 Å². The molecule has 3 heteroatoms. The Morgan fingerprint density at radius 1 is 1.09 bits per heavy atom. The molecule has 23 heavy (non-hydrogen) atoms. The molecule has 0 saturated heterocycles. The fourth-order valence-corrected chi connectivity index (χ4v) is 2.55. The lowest BCUT2D eigenvalue weighted by atomic mass is 10.1. The third-order valence-electron chi connectivity index (χ3n) is 4.06. The van der Waals surface area contributed by atoms with E-state index in [0.29, 0.717) is 13.2 Å². The van der Waals surface area contributed by atoms with Crippen LogP contribution in [0.2, 0.25) is 0 Å². The molecule has 3 nitrogen and oxygen atoms in total. The molecule has 0 aliphatic heterocycles. The number of rotatable bonds is 7. The van der Waals surface area contributed by atoms with E-state index in [1.54, 1.807) is 7.11 Å². The maximum atomic E-state index is 13.0. The second-order valence-electron chi connectivity index (χ2n) is 5.81. The number of benzene rings is 2. The van der Waals surface area contributed by atoms with Crippen LogP contribution in [-0.4, -0.2) is 24.0 Å². The van der Waals surface area contributed by atoms with Crippen molar-refractivity contribution in [3.63, 3.8) is 0 Å². The number of hydrogen-bond acceptors (Lipinski definition) is 2. The van der Waals surface area contributed by atoms with Crippen molar-refractivity contribution in [1.29, 1.82) is 0 Å². The Bertz CT molecular complexity index is 625. The van der Waals surface area contributed by atoms with Crippen molar-refractivity contribution in [1.82, 2.24) is 4.90 Å². The van der Waals surface area contributed by atoms with Crippen molar-refractivity contribution in [3.05, 3.63) is 71.3 Å². The molecule has 0 radical (unpaired) electrons. The molecular formula is C20H25NO2. The van der Waals surface area contributed by atoms with Crippen molar-refractivity contribution in [2.75, 3.05) is 7.11 Å². The van der Waals surface area contributed by atoms with Gasteiger partial charge in [-0.3, -0.25) is 4.79 Å². The second kappa shape index (κ2) is 8.49. The SMILES string of the molecule is CCC(C)N(Cc1ccccc1)C(=O)c1cccc(COC)c1. The maximum Gasteiger partial charge on any atom is 0.254 e. The van der Waals surface area contributed by atoms with Crippen molar-refractivity contribution < 1.29 is 9.53 Å². The molecular weight excluding hydrogens is 286 g/mol. The highest BCUT2D eigenvalue weighted by Crippen LogP contribution is 2.16. The highest BCUT2D eigenvalue weighted by molar-refractivity contribution is 5.94. The predicted molar refractivity (Wildman–Crippen MR) is 93.2 cm³/mol. The van der Waals surface area contributed by atoms with Crippen LogP contribution in [0.5, 0.6) is 0 Å². The first kappa shape index (κ1) is 17.2. The number of carbonyl (C=O) groups is 1. The summed E-state index contributed by atoms with van der Waals surface area (Å²) in [6, 6.07) is 18.0. The molecule has 0 spiro atoms. The minimum absolute atomic E-state index is 0.0705. The lowest BCUT2D eigenvalue weighted by Gasteiger charge is -2.29. The first-order valence-corrected chi connectivity index (χ1v) is 8.08. The average molecular weight is 311 g/mol. The quantitative estimate of drug-likeness (QED) is 0.764. The van der Waals surface area contributed by atoms with Crippen LogP contribution in [-0.2, 0) is 17.9 Å². The molecule has 0 saturated carbocycles. The summed E-state index contributed by atoms with van der Waals surface area (Å²) in [5, 5.41) is 0. The molecule has 0 aliphatic rings. The third kappa shape index (κ3) is 4.67. The average Bonchev–Trinajstić information content (AvgIpc) is 2.60. The summed E-state index contributed by atoms with van der Waals surface area (Å²) in [7, 11) is 1.66. The molecule has 0 aliphatic carbocycles. The van der Waals surface area contributed by atoms with E-state index in [0.717, 1.165) is 23.1 Å². The highest BCUT2D eigenvalue weighted by atomic mass is 16.5. The van der Waals surface area contributed by atoms with Gasteiger partial charge in [-0.15, -0.1) is 0 Å². The second-order valence-corrected chi connectivity index (χ2v) is 5.81. The standard InChI is InChI=1S/C20H25NO2/c1-4-16(2)21(14-17-9-6-5-7-10-17)20(22)19-12-8-11-18(13-19)15-23-3/h5-13,16H,4,14-15H2,1-3H3. The molecule has 0 N–H and O–H groups in total. The van der Waals surface area contributed by atoms with E-state index < -0.39 is 0 Å². The summed E-state index contributed by atoms with van der Waals surface area (Å²) >= 11 is 0. The van der Waals surface area contributed by atoms with Gasteiger partial charge in [-0.05, 0) is 36.6 Å². The smallest absolute Gasteiger partial charge is 0.254 e. The van der Waals surface area contributed by atoms with Crippen molar-refractivity contribution in [2.45, 2.75) is 39.5 Å². The van der Waals surface area contributed by atoms with Crippen LogP contribution >= 0.6 is 0 Å². The minimum atomic E-state index is 0.0705. The largest absolute Gasteiger partial charge is 0.380 e. The van der Waals surface area contributed by atoms with Crippen molar-refractivity contribution in [2.24, 2.45) is 0 Å². The van der Waals surface area contributed by atoms with Gasteiger partial charge in [-0.1, -0.05) is 49.4 Å². The van der Waals surface area contributed by atoms with Gasteiger partial charge in [0.25, 0.3) is 5.91 Å². The summed E-state index contributed by atoms with van der Waals surface area (Å²) < 4.78 is 5.16. The minimum Gasteiger partial charge on any atom is -0.380 e. The fourth-order valence-electron chi connectivity index (χ4n) is 2.55. The molecule has 1 atom stereocenters. The lowest BCUT2D eigenvalue weighted by Crippen LogP contribution is -2.37. The van der Waals surface area contributed by atoms with Crippen molar-refractivity contribution >= 4 is 5.91 Å². The number of carbonyl (C=O) groups excluding carboxylic acids is 1. The summed E-state index contributed by atoms with van der Waals surface area (Å²) in [4.78, 5) is 14.9. The zero-order valence-electron chi connectivity index (χ0n) is 14.2. The number of methoxy groups -OCH3 is 1. The van der Waals surface area contributed by atoms with Gasteiger partial charge >= 0.3 is 0 Å². The normalized spacial score (nSPS) is 12.0. The first-order chi connectivity index (χ1) is 11.2. The molecule has 1 amide bonds. The Morgan fingerprint density at radius 2 is 1.78 bits per heavy atom. The highest BCUT2D eigenvalue weighted by Gasteiger charge is 2.21. The van der Waals surface area contributed by atoms with Crippen molar-refractivity contribution in [3.8, 4) is 0 Å². The van der Waals surface area contributed by atoms with Crippen LogP contribution in [0.4, 0.5) is 0 Å². The van der Waals surface area contributed by atoms with E-state index in [1.807, 2.05) is 47.4 Å². The molecule has 0 fully saturated rings. The first-order valence-electron chi connectivity index (χ1n) is 8.08. The lowest BCUT2D eigenvalue weighted by molar-refractivity contribution is 0.0671. The van der Waals surface area contributed by atoms with Crippen LogP contribution in [0.25, 0.3) is 0 Å². The number of hydrogen-bond donors (Lipinski definition) is 0. The van der Waals surface area contributed by atoms with Gasteiger partial charge in [0.05, 0.1) is 6.61 Å². The summed E-state index contributed by atoms with van der Waals surface area (Å²) in [6.45, 7) is 5.35. The Morgan fingerprint density at radius 3 is 2.43 bits per heavy atom. The Kier molecular flexibility index (Phi) is 6.36. The maximum absolute atomic E-state index is 13.0. The molecule has 2 aromatic rings. The Hall–Kier alpha value is -2.13. The third-order valence-corrected chi connectivity index (χ3v) is 4.06. The molecule has 122 valence electrons. The molecule has 2 aromatic carbocycles. The predicted octanol–water partition coefficient (Wildman–Crippen LogP) is 4.27. The Labute approximate surface area is 138 Å². The fraction of sp³-hybridized carbons (Fsp3) is 0.350. The zero-order valence-corrected chi connectivity index (χ0v) is 14.2. The van der Waals surface area contributed by atoms with Gasteiger partial charge in [0.1, 0.15) is 0 Å². The molecule has 0 bridgehead atoms. The zero-order chi connectivity index (χ0) is 16.7. The number of nitrogens with zero attached hydrogens (tertiary/aromatic N) is 1. The van der Waals surface area contributed by atoms with Gasteiger partial charge in [-0.2, -0.15) is 0 Å². The van der Waals surface area contributed by atoms with Crippen LogP contribution in [0.1, 0.15) is 41.8 Å². The van der Waals surface area contributed by atoms with Crippen LogP contribution in [0.15, 0.2) is 54.6 Å². The molecule has 0 aromatic heterocycles. The summed E-state index contributed by atoms with van der Waals surface area (Å²) in [5.74, 6) is 0.0705. The molecule has 0 heterocycles. The topological polar surface area (TPSA) is 29.5 Å². The van der Waals surface area contributed by atoms with Gasteiger partial charge in [0.15, 0.2) is 0 Å². The monoisotopic (exact) mass is 311 g/mol. The molecule has 2 rings (SSSR count). The van der Waals surface area contributed by atoms with E-state index in [2.05, 4.69) is 26.0 Å². The van der Waals surface area contributed by atoms with E-state index in [-0.39, 0.29) is 11.9 Å². The van der Waals surface area contributed by atoms with Gasteiger partial charge in [0.2, 0.25) is 0 Å². The van der Waals surface area contributed by atoms with Gasteiger partial charge in [-0.25, -0.2) is 0 Å². The number of ether oxygens (including phenoxy) is 1. The van der Waals surface area contributed by atoms with Gasteiger partial charge in [0, 0.05) is 25.3 Å². The van der Waals surface area contributed by atoms with Gasteiger partial charge < -0.3 is 9.64 Å². The van der Waals surface area contributed by atoms with E-state index in [4.69, 9.17) is 4.74 Å². The summed E-state index contributed by atoms with van der Waals surface area (Å²) in [6.07, 6.45) is 0.927. The number of amides is 1. The van der Waals surface area contributed by atoms with E-state index in [1.165, 1.54) is 0 Å². The van der Waals surface area contributed by atoms with Crippen LogP contribution in [0.3, 0.4) is 0 Å².